The highest BCUT2D eigenvalue weighted by molar-refractivity contribution is 5.99. The number of Topliss-reactive ketones (excluding diaryl/α,β-unsaturated/α-hetero) is 1. The van der Waals surface area contributed by atoms with Crippen LogP contribution in [-0.4, -0.2) is 22.1 Å². The molecule has 2 aromatic rings. The van der Waals surface area contributed by atoms with E-state index in [1.54, 1.807) is 12.1 Å². The molecule has 1 heterocycles. The summed E-state index contributed by atoms with van der Waals surface area (Å²) < 4.78 is 5.35. The topological polar surface area (TPSA) is 103 Å². The molecule has 0 aliphatic heterocycles. The number of fused-ring (bicyclic) bond motifs is 1. The lowest BCUT2D eigenvalue weighted by molar-refractivity contribution is -0.384. The molecule has 1 atom stereocenters. The van der Waals surface area contributed by atoms with Crippen LogP contribution < -0.4 is 0 Å². The molecule has 0 spiro atoms. The average Bonchev–Trinajstić information content (AvgIpc) is 2.94. The zero-order valence-corrected chi connectivity index (χ0v) is 14.0. The van der Waals surface area contributed by atoms with Gasteiger partial charge in [0.15, 0.2) is 5.78 Å². The summed E-state index contributed by atoms with van der Waals surface area (Å²) in [5.41, 5.74) is 1.41. The standard InChI is InChI=1S/C18H18N2O5/c1-18(2)8-15(22)17-14(19-25-16(17)9-18)7-12(10-21)11-3-5-13(6-4-11)20(23)24/h3-6,10,12H,7-9H2,1-2H3. The van der Waals surface area contributed by atoms with Gasteiger partial charge in [-0.3, -0.25) is 14.9 Å². The molecular formula is C18H18N2O5. The van der Waals surface area contributed by atoms with Crippen molar-refractivity contribution in [1.82, 2.24) is 5.16 Å². The van der Waals surface area contributed by atoms with Crippen molar-refractivity contribution in [1.29, 1.82) is 0 Å². The first-order valence-electron chi connectivity index (χ1n) is 8.01. The monoisotopic (exact) mass is 342 g/mol. The Balaban J connectivity index is 1.86. The second kappa shape index (κ2) is 6.23. The smallest absolute Gasteiger partial charge is 0.269 e. The predicted molar refractivity (Wildman–Crippen MR) is 88.5 cm³/mol. The van der Waals surface area contributed by atoms with Crippen LogP contribution in [0.25, 0.3) is 0 Å². The third-order valence-electron chi connectivity index (χ3n) is 4.50. The van der Waals surface area contributed by atoms with Gasteiger partial charge >= 0.3 is 0 Å². The summed E-state index contributed by atoms with van der Waals surface area (Å²) in [4.78, 5) is 34.2. The van der Waals surface area contributed by atoms with Gasteiger partial charge in [0.1, 0.15) is 12.0 Å². The maximum atomic E-state index is 12.4. The molecule has 0 N–H and O–H groups in total. The van der Waals surface area contributed by atoms with Gasteiger partial charge in [0.2, 0.25) is 0 Å². The fourth-order valence-corrected chi connectivity index (χ4v) is 3.26. The largest absolute Gasteiger partial charge is 0.360 e. The van der Waals surface area contributed by atoms with Gasteiger partial charge in [-0.05, 0) is 11.0 Å². The van der Waals surface area contributed by atoms with Crippen LogP contribution in [-0.2, 0) is 17.6 Å². The molecule has 3 rings (SSSR count). The zero-order valence-electron chi connectivity index (χ0n) is 14.0. The maximum absolute atomic E-state index is 12.4. The van der Waals surface area contributed by atoms with Crippen LogP contribution in [0.3, 0.4) is 0 Å². The molecule has 7 nitrogen and oxygen atoms in total. The van der Waals surface area contributed by atoms with E-state index >= 15 is 0 Å². The van der Waals surface area contributed by atoms with Crippen molar-refractivity contribution in [3.63, 3.8) is 0 Å². The third kappa shape index (κ3) is 3.35. The van der Waals surface area contributed by atoms with Gasteiger partial charge in [-0.15, -0.1) is 0 Å². The van der Waals surface area contributed by atoms with Gasteiger partial charge in [0.05, 0.1) is 16.2 Å². The van der Waals surface area contributed by atoms with E-state index in [4.69, 9.17) is 4.52 Å². The van der Waals surface area contributed by atoms with Crippen molar-refractivity contribution in [3.05, 3.63) is 57.0 Å². The first-order valence-corrected chi connectivity index (χ1v) is 8.01. The van der Waals surface area contributed by atoms with Gasteiger partial charge in [-0.25, -0.2) is 0 Å². The minimum Gasteiger partial charge on any atom is -0.360 e. The second-order valence-electron chi connectivity index (χ2n) is 7.16. The van der Waals surface area contributed by atoms with E-state index in [2.05, 4.69) is 5.16 Å². The number of ketones is 1. The Bertz CT molecular complexity index is 836. The Morgan fingerprint density at radius 2 is 2.00 bits per heavy atom. The molecule has 0 bridgehead atoms. The zero-order chi connectivity index (χ0) is 18.2. The first-order chi connectivity index (χ1) is 11.8. The van der Waals surface area contributed by atoms with Crippen molar-refractivity contribution in [2.75, 3.05) is 0 Å². The molecule has 1 aliphatic rings. The van der Waals surface area contributed by atoms with Crippen molar-refractivity contribution in [2.24, 2.45) is 5.41 Å². The van der Waals surface area contributed by atoms with E-state index in [1.807, 2.05) is 13.8 Å². The number of rotatable bonds is 5. The number of aromatic nitrogens is 1. The second-order valence-corrected chi connectivity index (χ2v) is 7.16. The van der Waals surface area contributed by atoms with E-state index in [0.717, 1.165) is 6.29 Å². The van der Waals surface area contributed by atoms with Gasteiger partial charge in [-0.1, -0.05) is 31.1 Å². The first kappa shape index (κ1) is 17.0. The molecule has 1 aromatic heterocycles. The highest BCUT2D eigenvalue weighted by Crippen LogP contribution is 2.37. The lowest BCUT2D eigenvalue weighted by Gasteiger charge is -2.26. The molecule has 1 unspecified atom stereocenters. The number of nitrogens with zero attached hydrogens (tertiary/aromatic N) is 2. The summed E-state index contributed by atoms with van der Waals surface area (Å²) in [6.07, 6.45) is 2.04. The van der Waals surface area contributed by atoms with Gasteiger partial charge in [0.25, 0.3) is 5.69 Å². The number of hydrogen-bond donors (Lipinski definition) is 0. The third-order valence-corrected chi connectivity index (χ3v) is 4.50. The Morgan fingerprint density at radius 3 is 2.60 bits per heavy atom. The molecule has 1 aliphatic carbocycles. The van der Waals surface area contributed by atoms with E-state index < -0.39 is 10.8 Å². The van der Waals surface area contributed by atoms with E-state index in [9.17, 15) is 19.7 Å². The lowest BCUT2D eigenvalue weighted by Crippen LogP contribution is -2.26. The molecule has 7 heteroatoms. The Morgan fingerprint density at radius 1 is 1.32 bits per heavy atom. The van der Waals surface area contributed by atoms with Crippen molar-refractivity contribution < 1.29 is 19.0 Å². The number of hydrogen-bond acceptors (Lipinski definition) is 6. The van der Waals surface area contributed by atoms with Crippen molar-refractivity contribution in [3.8, 4) is 0 Å². The Labute approximate surface area is 144 Å². The molecule has 1 aromatic carbocycles. The molecule has 0 saturated carbocycles. The molecule has 25 heavy (non-hydrogen) atoms. The normalized spacial score (nSPS) is 17.0. The van der Waals surface area contributed by atoms with Crippen LogP contribution in [0.2, 0.25) is 0 Å². The molecule has 0 radical (unpaired) electrons. The summed E-state index contributed by atoms with van der Waals surface area (Å²) in [6, 6.07) is 5.82. The fraction of sp³-hybridized carbons (Fsp3) is 0.389. The molecule has 130 valence electrons. The van der Waals surface area contributed by atoms with Crippen LogP contribution in [0.15, 0.2) is 28.8 Å². The van der Waals surface area contributed by atoms with Crippen LogP contribution in [0.4, 0.5) is 5.69 Å². The molecule has 0 saturated heterocycles. The maximum Gasteiger partial charge on any atom is 0.269 e. The number of non-ortho nitro benzene ring substituents is 1. The van der Waals surface area contributed by atoms with Crippen LogP contribution in [0, 0.1) is 15.5 Å². The van der Waals surface area contributed by atoms with Gasteiger partial charge in [0, 0.05) is 37.3 Å². The molecular weight excluding hydrogens is 324 g/mol. The summed E-state index contributed by atoms with van der Waals surface area (Å²) in [6.45, 7) is 4.00. The van der Waals surface area contributed by atoms with E-state index in [0.29, 0.717) is 35.4 Å². The van der Waals surface area contributed by atoms with Crippen LogP contribution in [0.1, 0.15) is 53.6 Å². The number of aldehydes is 1. The number of nitro groups is 1. The Kier molecular flexibility index (Phi) is 4.24. The van der Waals surface area contributed by atoms with Crippen LogP contribution in [0.5, 0.6) is 0 Å². The number of carbonyl (C=O) groups is 2. The number of benzene rings is 1. The SMILES string of the molecule is CC1(C)CC(=O)c2c(CC(C=O)c3ccc([N+](=O)[O-])cc3)noc2C1. The summed E-state index contributed by atoms with van der Waals surface area (Å²) in [5, 5.41) is 14.7. The Hall–Kier alpha value is -2.83. The van der Waals surface area contributed by atoms with Crippen LogP contribution >= 0.6 is 0 Å². The lowest BCUT2D eigenvalue weighted by atomic mass is 9.75. The quantitative estimate of drug-likeness (QED) is 0.469. The van der Waals surface area contributed by atoms with Crippen molar-refractivity contribution >= 4 is 17.8 Å². The van der Waals surface area contributed by atoms with E-state index in [-0.39, 0.29) is 23.3 Å². The predicted octanol–water partition coefficient (Wildman–Crippen LogP) is 3.26. The fourth-order valence-electron chi connectivity index (χ4n) is 3.26. The highest BCUT2D eigenvalue weighted by atomic mass is 16.6. The summed E-state index contributed by atoms with van der Waals surface area (Å²) in [5.74, 6) is 0.0122. The van der Waals surface area contributed by atoms with Crippen molar-refractivity contribution in [2.45, 2.75) is 39.0 Å². The molecule has 0 fully saturated rings. The van der Waals surface area contributed by atoms with E-state index in [1.165, 1.54) is 12.1 Å². The molecule has 0 amide bonds. The number of carbonyl (C=O) groups excluding carboxylic acids is 2. The average molecular weight is 342 g/mol. The minimum atomic E-state index is -0.544. The summed E-state index contributed by atoms with van der Waals surface area (Å²) >= 11 is 0. The summed E-state index contributed by atoms with van der Waals surface area (Å²) in [7, 11) is 0. The van der Waals surface area contributed by atoms with Gasteiger partial charge < -0.3 is 9.32 Å². The number of nitro benzene ring substituents is 1. The minimum absolute atomic E-state index is 0.0177. The highest BCUT2D eigenvalue weighted by Gasteiger charge is 2.36. The van der Waals surface area contributed by atoms with Gasteiger partial charge in [-0.2, -0.15) is 0 Å².